The van der Waals surface area contributed by atoms with E-state index in [0.717, 1.165) is 26.2 Å². The van der Waals surface area contributed by atoms with Gasteiger partial charge in [0, 0.05) is 13.1 Å². The van der Waals surface area contributed by atoms with Gasteiger partial charge in [0.25, 0.3) is 0 Å². The highest BCUT2D eigenvalue weighted by atomic mass is 16.5. The van der Waals surface area contributed by atoms with Gasteiger partial charge in [0.2, 0.25) is 0 Å². The van der Waals surface area contributed by atoms with Crippen LogP contribution in [0.5, 0.6) is 0 Å². The molecule has 1 N–H and O–H groups in total. The van der Waals surface area contributed by atoms with Crippen molar-refractivity contribution in [2.45, 2.75) is 39.7 Å². The van der Waals surface area contributed by atoms with E-state index in [2.05, 4.69) is 11.8 Å². The van der Waals surface area contributed by atoms with Crippen LogP contribution in [0.4, 0.5) is 0 Å². The van der Waals surface area contributed by atoms with Crippen molar-refractivity contribution in [2.24, 2.45) is 0 Å². The van der Waals surface area contributed by atoms with Gasteiger partial charge in [-0.05, 0) is 26.8 Å². The van der Waals surface area contributed by atoms with Gasteiger partial charge in [-0.1, -0.05) is 13.3 Å². The van der Waals surface area contributed by atoms with Crippen molar-refractivity contribution in [3.8, 4) is 0 Å². The van der Waals surface area contributed by atoms with E-state index in [1.807, 2.05) is 13.8 Å². The lowest BCUT2D eigenvalue weighted by molar-refractivity contribution is 0.0549. The molecule has 0 spiro atoms. The van der Waals surface area contributed by atoms with Crippen LogP contribution in [-0.2, 0) is 4.74 Å². The minimum Gasteiger partial charge on any atom is -0.395 e. The van der Waals surface area contributed by atoms with Crippen molar-refractivity contribution >= 4 is 0 Å². The molecule has 0 aliphatic carbocycles. The predicted molar refractivity (Wildman–Crippen MR) is 59.5 cm³/mol. The SMILES string of the molecule is CCCCN(CCO)CCOC(C)C. The first kappa shape index (κ1) is 13.9. The standard InChI is InChI=1S/C11H25NO2/c1-4-5-6-12(7-9-13)8-10-14-11(2)3/h11,13H,4-10H2,1-3H3. The van der Waals surface area contributed by atoms with Gasteiger partial charge in [0.15, 0.2) is 0 Å². The van der Waals surface area contributed by atoms with Crippen molar-refractivity contribution in [1.29, 1.82) is 0 Å². The molecule has 0 saturated heterocycles. The topological polar surface area (TPSA) is 32.7 Å². The number of unbranched alkanes of at least 4 members (excludes halogenated alkanes) is 1. The van der Waals surface area contributed by atoms with E-state index in [0.29, 0.717) is 6.10 Å². The summed E-state index contributed by atoms with van der Waals surface area (Å²) in [4.78, 5) is 2.26. The van der Waals surface area contributed by atoms with Crippen molar-refractivity contribution in [3.05, 3.63) is 0 Å². The van der Waals surface area contributed by atoms with Crippen molar-refractivity contribution in [2.75, 3.05) is 32.8 Å². The third-order valence-corrected chi connectivity index (χ3v) is 2.10. The second kappa shape index (κ2) is 9.44. The maximum absolute atomic E-state index is 8.86. The molecule has 0 aliphatic heterocycles. The van der Waals surface area contributed by atoms with Crippen LogP contribution in [0.15, 0.2) is 0 Å². The normalized spacial score (nSPS) is 11.6. The molecule has 0 radical (unpaired) electrons. The Hall–Kier alpha value is -0.120. The van der Waals surface area contributed by atoms with Crippen LogP contribution in [0.3, 0.4) is 0 Å². The minimum absolute atomic E-state index is 0.241. The van der Waals surface area contributed by atoms with Crippen LogP contribution in [0.1, 0.15) is 33.6 Å². The highest BCUT2D eigenvalue weighted by Gasteiger charge is 2.03. The Labute approximate surface area is 88.1 Å². The van der Waals surface area contributed by atoms with Gasteiger partial charge in [0.1, 0.15) is 0 Å². The number of hydrogen-bond donors (Lipinski definition) is 1. The molecule has 0 fully saturated rings. The highest BCUT2D eigenvalue weighted by Crippen LogP contribution is 1.96. The summed E-state index contributed by atoms with van der Waals surface area (Å²) < 4.78 is 5.48. The maximum atomic E-state index is 8.86. The summed E-state index contributed by atoms with van der Waals surface area (Å²) in [6.07, 6.45) is 2.70. The quantitative estimate of drug-likeness (QED) is 0.616. The first-order valence-corrected chi connectivity index (χ1v) is 5.65. The van der Waals surface area contributed by atoms with Crippen LogP contribution < -0.4 is 0 Å². The Morgan fingerprint density at radius 1 is 1.21 bits per heavy atom. The summed E-state index contributed by atoms with van der Waals surface area (Å²) >= 11 is 0. The van der Waals surface area contributed by atoms with Crippen molar-refractivity contribution in [3.63, 3.8) is 0 Å². The number of ether oxygens (including phenoxy) is 1. The smallest absolute Gasteiger partial charge is 0.0596 e. The predicted octanol–water partition coefficient (Wildman–Crippen LogP) is 1.51. The van der Waals surface area contributed by atoms with Crippen LogP contribution in [0.2, 0.25) is 0 Å². The van der Waals surface area contributed by atoms with E-state index in [9.17, 15) is 0 Å². The highest BCUT2D eigenvalue weighted by molar-refractivity contribution is 4.56. The fraction of sp³-hybridized carbons (Fsp3) is 1.00. The molecule has 3 heteroatoms. The molecule has 0 bridgehead atoms. The van der Waals surface area contributed by atoms with E-state index >= 15 is 0 Å². The lowest BCUT2D eigenvalue weighted by Crippen LogP contribution is -2.32. The van der Waals surface area contributed by atoms with Gasteiger partial charge in [0.05, 0.1) is 19.3 Å². The van der Waals surface area contributed by atoms with E-state index in [1.54, 1.807) is 0 Å². The Morgan fingerprint density at radius 3 is 2.43 bits per heavy atom. The van der Waals surface area contributed by atoms with Crippen molar-refractivity contribution < 1.29 is 9.84 Å². The van der Waals surface area contributed by atoms with Crippen LogP contribution in [0, 0.1) is 0 Å². The Balaban J connectivity index is 3.50. The molecule has 0 atom stereocenters. The number of aliphatic hydroxyl groups excluding tert-OH is 1. The number of aliphatic hydroxyl groups is 1. The van der Waals surface area contributed by atoms with Gasteiger partial charge in [-0.25, -0.2) is 0 Å². The van der Waals surface area contributed by atoms with Crippen LogP contribution in [-0.4, -0.2) is 49.0 Å². The lowest BCUT2D eigenvalue weighted by Gasteiger charge is -2.21. The van der Waals surface area contributed by atoms with Gasteiger partial charge < -0.3 is 9.84 Å². The average Bonchev–Trinajstić information content (AvgIpc) is 2.13. The number of rotatable bonds is 9. The average molecular weight is 203 g/mol. The zero-order chi connectivity index (χ0) is 10.8. The molecular formula is C11H25NO2. The van der Waals surface area contributed by atoms with E-state index < -0.39 is 0 Å². The lowest BCUT2D eigenvalue weighted by atomic mass is 10.3. The minimum atomic E-state index is 0.241. The van der Waals surface area contributed by atoms with Gasteiger partial charge in [-0.2, -0.15) is 0 Å². The van der Waals surface area contributed by atoms with Crippen LogP contribution >= 0.6 is 0 Å². The van der Waals surface area contributed by atoms with Gasteiger partial charge in [-0.15, -0.1) is 0 Å². The fourth-order valence-corrected chi connectivity index (χ4v) is 1.28. The molecule has 0 unspecified atom stereocenters. The molecule has 0 aliphatic rings. The molecule has 0 heterocycles. The van der Waals surface area contributed by atoms with E-state index in [4.69, 9.17) is 9.84 Å². The first-order valence-electron chi connectivity index (χ1n) is 5.65. The zero-order valence-corrected chi connectivity index (χ0v) is 9.83. The molecule has 0 saturated carbocycles. The van der Waals surface area contributed by atoms with E-state index in [1.165, 1.54) is 12.8 Å². The number of hydrogen-bond acceptors (Lipinski definition) is 3. The molecule has 0 aromatic rings. The van der Waals surface area contributed by atoms with E-state index in [-0.39, 0.29) is 6.61 Å². The largest absolute Gasteiger partial charge is 0.395 e. The Morgan fingerprint density at radius 2 is 1.93 bits per heavy atom. The Kier molecular flexibility index (Phi) is 9.35. The maximum Gasteiger partial charge on any atom is 0.0596 e. The summed E-state index contributed by atoms with van der Waals surface area (Å²) in [7, 11) is 0. The molecule has 0 rings (SSSR count). The third-order valence-electron chi connectivity index (χ3n) is 2.10. The molecular weight excluding hydrogens is 178 g/mol. The third kappa shape index (κ3) is 8.48. The fourth-order valence-electron chi connectivity index (χ4n) is 1.28. The second-order valence-electron chi connectivity index (χ2n) is 3.84. The summed E-state index contributed by atoms with van der Waals surface area (Å²) in [5.41, 5.74) is 0. The summed E-state index contributed by atoms with van der Waals surface area (Å²) in [6, 6.07) is 0. The first-order chi connectivity index (χ1) is 6.70. The second-order valence-corrected chi connectivity index (χ2v) is 3.84. The van der Waals surface area contributed by atoms with Gasteiger partial charge in [-0.3, -0.25) is 4.90 Å². The van der Waals surface area contributed by atoms with Crippen LogP contribution in [0.25, 0.3) is 0 Å². The summed E-state index contributed by atoms with van der Waals surface area (Å²) in [5, 5.41) is 8.86. The molecule has 14 heavy (non-hydrogen) atoms. The molecule has 0 amide bonds. The van der Waals surface area contributed by atoms with Gasteiger partial charge >= 0.3 is 0 Å². The Bertz CT molecular complexity index is 118. The van der Waals surface area contributed by atoms with Crippen molar-refractivity contribution in [1.82, 2.24) is 4.90 Å². The number of nitrogens with zero attached hydrogens (tertiary/aromatic N) is 1. The molecule has 0 aromatic carbocycles. The monoisotopic (exact) mass is 203 g/mol. The summed E-state index contributed by atoms with van der Waals surface area (Å²) in [6.45, 7) is 10.0. The zero-order valence-electron chi connectivity index (χ0n) is 9.83. The molecule has 3 nitrogen and oxygen atoms in total. The summed E-state index contributed by atoms with van der Waals surface area (Å²) in [5.74, 6) is 0. The molecule has 86 valence electrons. The molecule has 0 aromatic heterocycles.